The molecule has 4 atom stereocenters. The van der Waals surface area contributed by atoms with Crippen molar-refractivity contribution in [2.75, 3.05) is 26.3 Å². The van der Waals surface area contributed by atoms with E-state index in [0.717, 1.165) is 54.9 Å². The van der Waals surface area contributed by atoms with Gasteiger partial charge in [0.1, 0.15) is 0 Å². The number of aromatic nitrogens is 2. The van der Waals surface area contributed by atoms with Gasteiger partial charge in [-0.05, 0) is 55.8 Å². The number of hydrogen-bond donors (Lipinski definition) is 2. The molecule has 5 nitrogen and oxygen atoms in total. The van der Waals surface area contributed by atoms with Gasteiger partial charge in [0, 0.05) is 29.6 Å². The average molecular weight is 505 g/mol. The van der Waals surface area contributed by atoms with Crippen molar-refractivity contribution in [1.29, 1.82) is 0 Å². The number of alkyl halides is 1. The molecule has 0 amide bonds. The smallest absolute Gasteiger partial charge is 0.268 e. The Labute approximate surface area is 220 Å². The molecule has 1 aliphatic heterocycles. The molecular formula is C31H41FN4O. The Morgan fingerprint density at radius 2 is 2.05 bits per heavy atom. The third-order valence-corrected chi connectivity index (χ3v) is 7.72. The van der Waals surface area contributed by atoms with Gasteiger partial charge in [-0.1, -0.05) is 81.5 Å². The van der Waals surface area contributed by atoms with Crippen molar-refractivity contribution in [3.63, 3.8) is 0 Å². The molecule has 198 valence electrons. The van der Waals surface area contributed by atoms with Crippen LogP contribution >= 0.6 is 0 Å². The zero-order chi connectivity index (χ0) is 26.2. The maximum Gasteiger partial charge on any atom is 0.268 e. The number of halogens is 1. The Balaban J connectivity index is 1.76. The summed E-state index contributed by atoms with van der Waals surface area (Å²) in [6, 6.07) is -0.00899. The Morgan fingerprint density at radius 3 is 2.76 bits per heavy atom. The first-order valence-electron chi connectivity index (χ1n) is 13.8. The molecular weight excluding hydrogens is 463 g/mol. The number of nitrogens with zero attached hydrogens (tertiary/aromatic N) is 2. The molecule has 0 saturated carbocycles. The number of allylic oxidation sites excluding steroid dienone is 7. The van der Waals surface area contributed by atoms with Gasteiger partial charge in [0.15, 0.2) is 0 Å². The van der Waals surface area contributed by atoms with Crippen LogP contribution in [0.4, 0.5) is 4.39 Å². The Kier molecular flexibility index (Phi) is 9.64. The molecule has 1 aromatic rings. The molecule has 0 spiro atoms. The number of nitrogens with one attached hydrogen (secondary N) is 2. The van der Waals surface area contributed by atoms with Crippen LogP contribution in [0.25, 0.3) is 0 Å². The maximum absolute atomic E-state index is 13.0. The van der Waals surface area contributed by atoms with E-state index >= 15 is 0 Å². The van der Waals surface area contributed by atoms with Crippen LogP contribution in [-0.2, 0) is 6.42 Å². The lowest BCUT2D eigenvalue weighted by atomic mass is 9.72. The van der Waals surface area contributed by atoms with Gasteiger partial charge in [-0.15, -0.1) is 0 Å². The highest BCUT2D eigenvalue weighted by Gasteiger charge is 2.41. The van der Waals surface area contributed by atoms with Crippen LogP contribution in [-0.4, -0.2) is 47.4 Å². The van der Waals surface area contributed by atoms with Crippen LogP contribution in [0, 0.1) is 5.92 Å². The molecule has 2 heterocycles. The second-order valence-corrected chi connectivity index (χ2v) is 9.99. The summed E-state index contributed by atoms with van der Waals surface area (Å²) in [7, 11) is 0. The van der Waals surface area contributed by atoms with Crippen molar-refractivity contribution in [3.8, 4) is 0 Å². The molecule has 0 saturated heterocycles. The fraction of sp³-hybridized carbons (Fsp3) is 0.484. The Hall–Kier alpha value is -2.83. The lowest BCUT2D eigenvalue weighted by molar-refractivity contribution is 0.316. The minimum absolute atomic E-state index is 0.0538. The number of hydrogen-bond acceptors (Lipinski definition) is 4. The fourth-order valence-electron chi connectivity index (χ4n) is 5.77. The van der Waals surface area contributed by atoms with Gasteiger partial charge in [0.25, 0.3) is 5.56 Å². The van der Waals surface area contributed by atoms with Gasteiger partial charge >= 0.3 is 0 Å². The average Bonchev–Trinajstić information content (AvgIpc) is 2.90. The van der Waals surface area contributed by atoms with Gasteiger partial charge in [-0.2, -0.15) is 5.10 Å². The highest BCUT2D eigenvalue weighted by Crippen LogP contribution is 2.43. The van der Waals surface area contributed by atoms with Crippen LogP contribution in [0.15, 0.2) is 76.7 Å². The monoisotopic (exact) mass is 504 g/mol. The molecule has 6 heteroatoms. The summed E-state index contributed by atoms with van der Waals surface area (Å²) in [5.41, 5.74) is 5.05. The zero-order valence-corrected chi connectivity index (χ0v) is 22.4. The lowest BCUT2D eigenvalue weighted by Crippen LogP contribution is -2.49. The van der Waals surface area contributed by atoms with Crippen molar-refractivity contribution in [1.82, 2.24) is 20.4 Å². The van der Waals surface area contributed by atoms with Crippen molar-refractivity contribution < 1.29 is 4.39 Å². The van der Waals surface area contributed by atoms with Gasteiger partial charge < -0.3 is 5.32 Å². The second-order valence-electron chi connectivity index (χ2n) is 9.99. The topological polar surface area (TPSA) is 61.0 Å². The van der Waals surface area contributed by atoms with Crippen LogP contribution < -0.4 is 10.9 Å². The number of H-pyrrole nitrogens is 1. The Morgan fingerprint density at radius 1 is 1.22 bits per heavy atom. The van der Waals surface area contributed by atoms with Crippen LogP contribution in [0.1, 0.15) is 68.8 Å². The predicted molar refractivity (Wildman–Crippen MR) is 150 cm³/mol. The van der Waals surface area contributed by atoms with E-state index in [1.165, 1.54) is 5.57 Å². The molecule has 1 aromatic heterocycles. The van der Waals surface area contributed by atoms with Crippen LogP contribution in [0.5, 0.6) is 0 Å². The summed E-state index contributed by atoms with van der Waals surface area (Å²) in [5, 5.41) is 11.4. The van der Waals surface area contributed by atoms with Gasteiger partial charge in [0.2, 0.25) is 0 Å². The number of aromatic amines is 1. The molecule has 0 aromatic carbocycles. The molecule has 0 fully saturated rings. The molecule has 2 N–H and O–H groups in total. The van der Waals surface area contributed by atoms with Gasteiger partial charge in [-0.25, -0.2) is 5.10 Å². The quantitative estimate of drug-likeness (QED) is 0.406. The summed E-state index contributed by atoms with van der Waals surface area (Å²) in [5.74, 6) is 0.210. The molecule has 0 bridgehead atoms. The number of likely N-dealkylation sites (N-methyl/N-ethyl adjacent to an activating group) is 1. The molecule has 2 aliphatic carbocycles. The Bertz CT molecular complexity index is 1170. The summed E-state index contributed by atoms with van der Waals surface area (Å²) < 4.78 is 13.0. The fourth-order valence-corrected chi connectivity index (χ4v) is 5.77. The van der Waals surface area contributed by atoms with E-state index in [1.54, 1.807) is 0 Å². The highest BCUT2D eigenvalue weighted by molar-refractivity contribution is 5.48. The summed E-state index contributed by atoms with van der Waals surface area (Å²) in [4.78, 5) is 15.3. The van der Waals surface area contributed by atoms with E-state index < -0.39 is 0 Å². The van der Waals surface area contributed by atoms with E-state index in [9.17, 15) is 9.18 Å². The standard InChI is InChI=1S/C31H41FN4O/c1-4-12-23(13-10-11-20-32)27-29(24-18-16-22(17-19-24)21-36(5-2)6-3)33-26-15-9-7-8-14-25-28(26)30(27)34-35-31(25)37/h7-10,12-13,15-18,24,26-27,29,33H,4-6,11,14,19-21H2,1-3H3,(H,35,37)/b8-7-,13-10?,15-9?,23-12+. The van der Waals surface area contributed by atoms with Crippen molar-refractivity contribution >= 4 is 0 Å². The van der Waals surface area contributed by atoms with E-state index in [0.29, 0.717) is 12.8 Å². The van der Waals surface area contributed by atoms with E-state index in [-0.39, 0.29) is 36.2 Å². The van der Waals surface area contributed by atoms with Crippen LogP contribution in [0.2, 0.25) is 0 Å². The molecule has 0 radical (unpaired) electrons. The normalized spacial score (nSPS) is 26.2. The second kappa shape index (κ2) is 13.1. The van der Waals surface area contributed by atoms with E-state index in [1.807, 2.05) is 18.2 Å². The van der Waals surface area contributed by atoms with Crippen molar-refractivity contribution in [2.24, 2.45) is 5.92 Å². The maximum atomic E-state index is 13.0. The molecule has 4 rings (SSSR count). The largest absolute Gasteiger partial charge is 0.302 e. The van der Waals surface area contributed by atoms with Gasteiger partial charge in [0.05, 0.1) is 18.4 Å². The zero-order valence-electron chi connectivity index (χ0n) is 22.4. The first kappa shape index (κ1) is 27.2. The first-order valence-corrected chi connectivity index (χ1v) is 13.8. The minimum Gasteiger partial charge on any atom is -0.302 e. The minimum atomic E-state index is -0.376. The SMILES string of the molecule is CC/C=C(\C=CCCF)C1c2n[nH]c(=O)c3c2C(C=C/C=C\C3)NC1C1C=CC(CN(CC)CC)=CC1. The predicted octanol–water partition coefficient (Wildman–Crippen LogP) is 5.63. The number of rotatable bonds is 10. The van der Waals surface area contributed by atoms with Crippen molar-refractivity contribution in [3.05, 3.63) is 99.1 Å². The highest BCUT2D eigenvalue weighted by atomic mass is 19.1. The summed E-state index contributed by atoms with van der Waals surface area (Å²) in [6.07, 6.45) is 24.2. The van der Waals surface area contributed by atoms with E-state index in [2.05, 4.69) is 83.7 Å². The third kappa shape index (κ3) is 6.19. The van der Waals surface area contributed by atoms with Crippen LogP contribution in [0.3, 0.4) is 0 Å². The van der Waals surface area contributed by atoms with E-state index in [4.69, 9.17) is 0 Å². The van der Waals surface area contributed by atoms with Crippen molar-refractivity contribution in [2.45, 2.75) is 64.5 Å². The van der Waals surface area contributed by atoms with Gasteiger partial charge in [-0.3, -0.25) is 14.1 Å². The lowest BCUT2D eigenvalue weighted by Gasteiger charge is -2.42. The summed E-state index contributed by atoms with van der Waals surface area (Å²) >= 11 is 0. The molecule has 4 unspecified atom stereocenters. The molecule has 3 aliphatic rings. The molecule has 37 heavy (non-hydrogen) atoms. The third-order valence-electron chi connectivity index (χ3n) is 7.72. The summed E-state index contributed by atoms with van der Waals surface area (Å²) in [6.45, 7) is 9.21. The first-order chi connectivity index (χ1) is 18.1.